The van der Waals surface area contributed by atoms with Crippen LogP contribution in [0.2, 0.25) is 0 Å². The van der Waals surface area contributed by atoms with Gasteiger partial charge in [-0.3, -0.25) is 4.79 Å². The largest absolute Gasteiger partial charge is 0.352 e. The number of nitrogens with zero attached hydrogens (tertiary/aromatic N) is 1. The molecule has 1 rings (SSSR count). The summed E-state index contributed by atoms with van der Waals surface area (Å²) in [5, 5.41) is 3.06. The second-order valence-electron chi connectivity index (χ2n) is 5.08. The predicted octanol–water partition coefficient (Wildman–Crippen LogP) is 1.11. The highest BCUT2D eigenvalue weighted by Crippen LogP contribution is 2.08. The number of carbonyl (C=O) groups excluding carboxylic acids is 1. The highest BCUT2D eigenvalue weighted by Gasteiger charge is 2.14. The summed E-state index contributed by atoms with van der Waals surface area (Å²) >= 11 is 0. The van der Waals surface area contributed by atoms with E-state index in [1.54, 1.807) is 0 Å². The van der Waals surface area contributed by atoms with Crippen LogP contribution in [-0.2, 0) is 4.79 Å². The first kappa shape index (κ1) is 14.5. The number of nitrogens with two attached hydrogens (primary N) is 1. The van der Waals surface area contributed by atoms with E-state index < -0.39 is 0 Å². The zero-order valence-corrected chi connectivity index (χ0v) is 11.1. The van der Waals surface area contributed by atoms with Crippen molar-refractivity contribution in [3.63, 3.8) is 0 Å². The Kier molecular flexibility index (Phi) is 7.21. The zero-order chi connectivity index (χ0) is 12.5. The van der Waals surface area contributed by atoms with E-state index in [0.717, 1.165) is 19.4 Å². The molecule has 0 spiro atoms. The van der Waals surface area contributed by atoms with Gasteiger partial charge in [-0.1, -0.05) is 6.42 Å². The Hall–Kier alpha value is -0.610. The van der Waals surface area contributed by atoms with Gasteiger partial charge in [0.1, 0.15) is 0 Å². The monoisotopic (exact) mass is 241 g/mol. The third-order valence-electron chi connectivity index (χ3n) is 3.25. The van der Waals surface area contributed by atoms with Gasteiger partial charge in [0, 0.05) is 19.0 Å². The van der Waals surface area contributed by atoms with Crippen LogP contribution in [0.4, 0.5) is 0 Å². The van der Waals surface area contributed by atoms with Gasteiger partial charge in [0.25, 0.3) is 0 Å². The van der Waals surface area contributed by atoms with Crippen molar-refractivity contribution in [3.8, 4) is 0 Å². The molecule has 0 radical (unpaired) electrons. The molecule has 3 N–H and O–H groups in total. The molecule has 0 saturated carbocycles. The zero-order valence-electron chi connectivity index (χ0n) is 11.1. The van der Waals surface area contributed by atoms with Crippen molar-refractivity contribution in [3.05, 3.63) is 0 Å². The van der Waals surface area contributed by atoms with Gasteiger partial charge in [0.2, 0.25) is 5.91 Å². The van der Waals surface area contributed by atoms with Gasteiger partial charge in [-0.15, -0.1) is 0 Å². The molecule has 1 saturated heterocycles. The number of hydrogen-bond acceptors (Lipinski definition) is 3. The summed E-state index contributed by atoms with van der Waals surface area (Å²) in [5.41, 5.74) is 5.40. The van der Waals surface area contributed by atoms with Gasteiger partial charge in [-0.25, -0.2) is 0 Å². The van der Waals surface area contributed by atoms with E-state index in [4.69, 9.17) is 5.73 Å². The number of rotatable bonds is 7. The van der Waals surface area contributed by atoms with E-state index in [9.17, 15) is 4.79 Å². The molecule has 1 aliphatic rings. The summed E-state index contributed by atoms with van der Waals surface area (Å²) < 4.78 is 0. The smallest absolute Gasteiger partial charge is 0.220 e. The molecular weight excluding hydrogens is 214 g/mol. The number of unbranched alkanes of at least 4 members (excludes halogenated alkanes) is 1. The molecule has 1 heterocycles. The van der Waals surface area contributed by atoms with E-state index in [-0.39, 0.29) is 11.9 Å². The van der Waals surface area contributed by atoms with Crippen LogP contribution in [-0.4, -0.2) is 43.0 Å². The molecule has 0 aromatic rings. The topological polar surface area (TPSA) is 58.4 Å². The van der Waals surface area contributed by atoms with Crippen LogP contribution in [0, 0.1) is 0 Å². The van der Waals surface area contributed by atoms with Crippen molar-refractivity contribution in [1.29, 1.82) is 0 Å². The molecule has 0 aromatic heterocycles. The van der Waals surface area contributed by atoms with Crippen molar-refractivity contribution in [2.45, 2.75) is 51.5 Å². The molecule has 1 fully saturated rings. The Morgan fingerprint density at radius 1 is 1.29 bits per heavy atom. The fraction of sp³-hybridized carbons (Fsp3) is 0.923. The lowest BCUT2D eigenvalue weighted by Gasteiger charge is -2.29. The first-order valence-corrected chi connectivity index (χ1v) is 6.94. The second-order valence-corrected chi connectivity index (χ2v) is 5.08. The Bertz CT molecular complexity index is 215. The molecule has 0 bridgehead atoms. The van der Waals surface area contributed by atoms with E-state index in [0.29, 0.717) is 13.0 Å². The maximum Gasteiger partial charge on any atom is 0.220 e. The van der Waals surface area contributed by atoms with Crippen LogP contribution < -0.4 is 11.1 Å². The normalized spacial score (nSPS) is 18.9. The number of piperidine rings is 1. The molecular formula is C13H27N3O. The van der Waals surface area contributed by atoms with Crippen molar-refractivity contribution in [1.82, 2.24) is 10.2 Å². The number of nitrogens with one attached hydrogen (secondary N) is 1. The number of hydrogen-bond donors (Lipinski definition) is 2. The van der Waals surface area contributed by atoms with Gasteiger partial charge in [-0.05, 0) is 52.2 Å². The number of amides is 1. The summed E-state index contributed by atoms with van der Waals surface area (Å²) in [6.07, 6.45) is 6.42. The molecule has 0 aliphatic carbocycles. The minimum atomic E-state index is 0.169. The molecule has 1 unspecified atom stereocenters. The standard InChI is InChI=1S/C13H27N3O/c1-12(11-16-9-5-2-6-10-16)15-13(17)7-3-4-8-14/h12H,2-11,14H2,1H3,(H,15,17). The minimum Gasteiger partial charge on any atom is -0.352 e. The van der Waals surface area contributed by atoms with E-state index in [1.807, 2.05) is 0 Å². The van der Waals surface area contributed by atoms with Crippen LogP contribution in [0.5, 0.6) is 0 Å². The summed E-state index contributed by atoms with van der Waals surface area (Å²) in [5.74, 6) is 0.169. The summed E-state index contributed by atoms with van der Waals surface area (Å²) in [7, 11) is 0. The highest BCUT2D eigenvalue weighted by molar-refractivity contribution is 5.76. The maximum absolute atomic E-state index is 11.6. The average Bonchev–Trinajstić information content (AvgIpc) is 2.30. The quantitative estimate of drug-likeness (QED) is 0.656. The van der Waals surface area contributed by atoms with Crippen molar-refractivity contribution < 1.29 is 4.79 Å². The summed E-state index contributed by atoms with van der Waals surface area (Å²) in [4.78, 5) is 14.1. The molecule has 1 aliphatic heterocycles. The van der Waals surface area contributed by atoms with Crippen molar-refractivity contribution >= 4 is 5.91 Å². The molecule has 1 amide bonds. The Labute approximate surface area is 105 Å². The van der Waals surface area contributed by atoms with Crippen LogP contribution in [0.15, 0.2) is 0 Å². The molecule has 4 nitrogen and oxygen atoms in total. The molecule has 4 heteroatoms. The van der Waals surface area contributed by atoms with Crippen LogP contribution in [0.3, 0.4) is 0 Å². The lowest BCUT2D eigenvalue weighted by molar-refractivity contribution is -0.121. The van der Waals surface area contributed by atoms with E-state index in [2.05, 4.69) is 17.1 Å². The van der Waals surface area contributed by atoms with Crippen LogP contribution >= 0.6 is 0 Å². The molecule has 0 aromatic carbocycles. The average molecular weight is 241 g/mol. The maximum atomic E-state index is 11.6. The highest BCUT2D eigenvalue weighted by atomic mass is 16.1. The van der Waals surface area contributed by atoms with Gasteiger partial charge in [-0.2, -0.15) is 0 Å². The summed E-state index contributed by atoms with van der Waals surface area (Å²) in [6.45, 7) is 6.13. The molecule has 100 valence electrons. The third kappa shape index (κ3) is 6.64. The number of carbonyl (C=O) groups is 1. The van der Waals surface area contributed by atoms with Gasteiger partial charge < -0.3 is 16.0 Å². The van der Waals surface area contributed by atoms with E-state index >= 15 is 0 Å². The Balaban J connectivity index is 2.10. The van der Waals surface area contributed by atoms with Crippen molar-refractivity contribution in [2.24, 2.45) is 5.73 Å². The van der Waals surface area contributed by atoms with Crippen LogP contribution in [0.25, 0.3) is 0 Å². The first-order chi connectivity index (χ1) is 8.22. The lowest BCUT2D eigenvalue weighted by Crippen LogP contribution is -2.43. The predicted molar refractivity (Wildman–Crippen MR) is 70.8 cm³/mol. The van der Waals surface area contributed by atoms with Gasteiger partial charge in [0.15, 0.2) is 0 Å². The summed E-state index contributed by atoms with van der Waals surface area (Å²) in [6, 6.07) is 0.262. The molecule has 17 heavy (non-hydrogen) atoms. The SMILES string of the molecule is CC(CN1CCCCC1)NC(=O)CCCCN. The lowest BCUT2D eigenvalue weighted by atomic mass is 10.1. The third-order valence-corrected chi connectivity index (χ3v) is 3.25. The van der Waals surface area contributed by atoms with E-state index in [1.165, 1.54) is 32.4 Å². The Morgan fingerprint density at radius 3 is 2.65 bits per heavy atom. The number of likely N-dealkylation sites (tertiary alicyclic amines) is 1. The molecule has 1 atom stereocenters. The van der Waals surface area contributed by atoms with Gasteiger partial charge in [0.05, 0.1) is 0 Å². The Morgan fingerprint density at radius 2 is 2.00 bits per heavy atom. The van der Waals surface area contributed by atoms with Crippen LogP contribution in [0.1, 0.15) is 45.4 Å². The first-order valence-electron chi connectivity index (χ1n) is 6.94. The fourth-order valence-corrected chi connectivity index (χ4v) is 2.35. The van der Waals surface area contributed by atoms with Gasteiger partial charge >= 0.3 is 0 Å². The van der Waals surface area contributed by atoms with Crippen molar-refractivity contribution in [2.75, 3.05) is 26.2 Å². The second kappa shape index (κ2) is 8.48. The fourth-order valence-electron chi connectivity index (χ4n) is 2.35. The minimum absolute atomic E-state index is 0.169.